The maximum Gasteiger partial charge on any atom is 0.293 e. The predicted octanol–water partition coefficient (Wildman–Crippen LogP) is 4.33. The van der Waals surface area contributed by atoms with Crippen molar-refractivity contribution in [1.82, 2.24) is 0 Å². The molecule has 0 fully saturated rings. The van der Waals surface area contributed by atoms with Crippen LogP contribution >= 0.6 is 0 Å². The molecular formula is C17H30O3. The van der Waals surface area contributed by atoms with Crippen LogP contribution in [0.5, 0.6) is 0 Å². The Hall–Kier alpha value is -1.38. The standard InChI is InChI=1S/C8H10O2.C5H12.C4H8O/c9-7-10-6-8-4-2-1-3-5-8;1-4-5(2)3;1-4(2)3-5/h2,4-5,7H,1,3,6H2;5H,4H2,1-3H3;3-4H,1-2H3. The molecule has 0 aromatic carbocycles. The van der Waals surface area contributed by atoms with E-state index in [0.717, 1.165) is 30.6 Å². The van der Waals surface area contributed by atoms with Crippen LogP contribution in [0.25, 0.3) is 0 Å². The minimum Gasteiger partial charge on any atom is -0.463 e. The molecule has 1 aliphatic rings. The van der Waals surface area contributed by atoms with Gasteiger partial charge in [0.1, 0.15) is 12.9 Å². The average molecular weight is 282 g/mol. The third-order valence-electron chi connectivity index (χ3n) is 2.48. The quantitative estimate of drug-likeness (QED) is 0.705. The van der Waals surface area contributed by atoms with E-state index in [-0.39, 0.29) is 5.92 Å². The van der Waals surface area contributed by atoms with E-state index in [1.807, 2.05) is 19.9 Å². The first kappa shape index (κ1) is 20.9. The van der Waals surface area contributed by atoms with Gasteiger partial charge in [-0.25, -0.2) is 0 Å². The molecule has 0 atom stereocenters. The van der Waals surface area contributed by atoms with Crippen molar-refractivity contribution in [3.8, 4) is 0 Å². The molecule has 0 N–H and O–H groups in total. The molecule has 116 valence electrons. The van der Waals surface area contributed by atoms with Crippen LogP contribution in [-0.2, 0) is 14.3 Å². The normalized spacial score (nSPS) is 12.7. The van der Waals surface area contributed by atoms with Crippen molar-refractivity contribution in [3.05, 3.63) is 23.8 Å². The van der Waals surface area contributed by atoms with Crippen LogP contribution in [0.15, 0.2) is 23.8 Å². The molecule has 0 bridgehead atoms. The third kappa shape index (κ3) is 19.0. The van der Waals surface area contributed by atoms with E-state index in [4.69, 9.17) is 0 Å². The lowest BCUT2D eigenvalue weighted by Crippen LogP contribution is -1.95. The Morgan fingerprint density at radius 1 is 1.20 bits per heavy atom. The number of rotatable bonds is 5. The number of allylic oxidation sites excluding steroid dienone is 2. The second-order valence-corrected chi connectivity index (χ2v) is 5.35. The molecule has 0 spiro atoms. The molecule has 0 amide bonds. The molecule has 0 saturated heterocycles. The maximum atomic E-state index is 9.77. The number of hydrogen-bond donors (Lipinski definition) is 0. The zero-order valence-electron chi connectivity index (χ0n) is 13.6. The van der Waals surface area contributed by atoms with Gasteiger partial charge in [-0.2, -0.15) is 0 Å². The van der Waals surface area contributed by atoms with Gasteiger partial charge >= 0.3 is 0 Å². The summed E-state index contributed by atoms with van der Waals surface area (Å²) >= 11 is 0. The molecule has 0 aromatic heterocycles. The number of carbonyl (C=O) groups is 2. The van der Waals surface area contributed by atoms with Crippen molar-refractivity contribution < 1.29 is 14.3 Å². The van der Waals surface area contributed by atoms with Crippen LogP contribution in [0.4, 0.5) is 0 Å². The van der Waals surface area contributed by atoms with Crippen molar-refractivity contribution >= 4 is 12.8 Å². The minimum absolute atomic E-state index is 0.204. The van der Waals surface area contributed by atoms with Gasteiger partial charge in [0.15, 0.2) is 0 Å². The summed E-state index contributed by atoms with van der Waals surface area (Å²) in [5.74, 6) is 1.09. The number of hydrogen-bond acceptors (Lipinski definition) is 3. The maximum absolute atomic E-state index is 9.77. The van der Waals surface area contributed by atoms with E-state index in [1.165, 1.54) is 6.42 Å². The highest BCUT2D eigenvalue weighted by atomic mass is 16.5. The van der Waals surface area contributed by atoms with Crippen molar-refractivity contribution in [3.63, 3.8) is 0 Å². The van der Waals surface area contributed by atoms with E-state index in [2.05, 4.69) is 37.7 Å². The topological polar surface area (TPSA) is 43.4 Å². The summed E-state index contributed by atoms with van der Waals surface area (Å²) in [4.78, 5) is 19.3. The number of carbonyl (C=O) groups excluding carboxylic acids is 2. The Balaban J connectivity index is 0. The van der Waals surface area contributed by atoms with Gasteiger partial charge in [0.25, 0.3) is 6.47 Å². The summed E-state index contributed by atoms with van der Waals surface area (Å²) < 4.78 is 4.57. The largest absolute Gasteiger partial charge is 0.463 e. The third-order valence-corrected chi connectivity index (χ3v) is 2.48. The second-order valence-electron chi connectivity index (χ2n) is 5.35. The molecule has 0 aromatic rings. The molecule has 3 heteroatoms. The lowest BCUT2D eigenvalue weighted by atomic mass is 10.1. The highest BCUT2D eigenvalue weighted by Crippen LogP contribution is 2.08. The van der Waals surface area contributed by atoms with Gasteiger partial charge < -0.3 is 9.53 Å². The van der Waals surface area contributed by atoms with Gasteiger partial charge in [-0.3, -0.25) is 4.79 Å². The molecule has 3 nitrogen and oxygen atoms in total. The van der Waals surface area contributed by atoms with Crippen molar-refractivity contribution in [2.75, 3.05) is 6.61 Å². The summed E-state index contributed by atoms with van der Waals surface area (Å²) in [7, 11) is 0. The Kier molecular flexibility index (Phi) is 16.4. The fourth-order valence-corrected chi connectivity index (χ4v) is 0.905. The van der Waals surface area contributed by atoms with Crippen LogP contribution in [0, 0.1) is 11.8 Å². The summed E-state index contributed by atoms with van der Waals surface area (Å²) in [5, 5.41) is 0. The van der Waals surface area contributed by atoms with Gasteiger partial charge in [0, 0.05) is 5.92 Å². The monoisotopic (exact) mass is 282 g/mol. The highest BCUT2D eigenvalue weighted by molar-refractivity contribution is 5.51. The Labute approximate surface area is 124 Å². The fourth-order valence-electron chi connectivity index (χ4n) is 0.905. The molecule has 1 aliphatic carbocycles. The van der Waals surface area contributed by atoms with Crippen molar-refractivity contribution in [2.24, 2.45) is 11.8 Å². The fraction of sp³-hybridized carbons (Fsp3) is 0.647. The highest BCUT2D eigenvalue weighted by Gasteiger charge is 1.95. The summed E-state index contributed by atoms with van der Waals surface area (Å²) in [6, 6.07) is 0. The molecule has 1 rings (SSSR count). The first-order chi connectivity index (χ1) is 9.47. The van der Waals surface area contributed by atoms with Crippen LogP contribution < -0.4 is 0 Å². The van der Waals surface area contributed by atoms with Crippen LogP contribution in [0.2, 0.25) is 0 Å². The van der Waals surface area contributed by atoms with Gasteiger partial charge in [-0.1, -0.05) is 59.3 Å². The van der Waals surface area contributed by atoms with Gasteiger partial charge in [-0.15, -0.1) is 0 Å². The first-order valence-electron chi connectivity index (χ1n) is 7.33. The van der Waals surface area contributed by atoms with Crippen LogP contribution in [0.1, 0.15) is 53.9 Å². The van der Waals surface area contributed by atoms with E-state index in [9.17, 15) is 9.59 Å². The molecule has 0 unspecified atom stereocenters. The van der Waals surface area contributed by atoms with Gasteiger partial charge in [0.05, 0.1) is 0 Å². The smallest absolute Gasteiger partial charge is 0.293 e. The Morgan fingerprint density at radius 2 is 1.75 bits per heavy atom. The number of ether oxygens (including phenoxy) is 1. The van der Waals surface area contributed by atoms with Gasteiger partial charge in [-0.05, 0) is 24.3 Å². The molecule has 0 radical (unpaired) electrons. The van der Waals surface area contributed by atoms with E-state index < -0.39 is 0 Å². The SMILES string of the molecule is CC(C)C=O.CCC(C)C.O=COCC1=CCCC=C1. The average Bonchev–Trinajstić information content (AvgIpc) is 2.47. The van der Waals surface area contributed by atoms with Gasteiger partial charge in [0.2, 0.25) is 0 Å². The van der Waals surface area contributed by atoms with E-state index in [1.54, 1.807) is 0 Å². The lowest BCUT2D eigenvalue weighted by molar-refractivity contribution is -0.127. The van der Waals surface area contributed by atoms with Crippen molar-refractivity contribution in [2.45, 2.75) is 53.9 Å². The zero-order chi connectivity index (χ0) is 15.8. The summed E-state index contributed by atoms with van der Waals surface area (Å²) in [6.45, 7) is 11.2. The van der Waals surface area contributed by atoms with Crippen LogP contribution in [-0.4, -0.2) is 19.4 Å². The molecule has 20 heavy (non-hydrogen) atoms. The Bertz CT molecular complexity index is 289. The summed E-state index contributed by atoms with van der Waals surface area (Å²) in [6.07, 6.45) is 10.6. The molecule has 0 saturated carbocycles. The van der Waals surface area contributed by atoms with E-state index in [0.29, 0.717) is 13.1 Å². The zero-order valence-corrected chi connectivity index (χ0v) is 13.6. The minimum atomic E-state index is 0.204. The van der Waals surface area contributed by atoms with Crippen molar-refractivity contribution in [1.29, 1.82) is 0 Å². The van der Waals surface area contributed by atoms with E-state index >= 15 is 0 Å². The molecular weight excluding hydrogens is 252 g/mol. The van der Waals surface area contributed by atoms with Crippen LogP contribution in [0.3, 0.4) is 0 Å². The molecule has 0 aliphatic heterocycles. The number of aldehydes is 1. The second kappa shape index (κ2) is 15.7. The molecule has 0 heterocycles. The first-order valence-corrected chi connectivity index (χ1v) is 7.33. The Morgan fingerprint density at radius 3 is 2.05 bits per heavy atom. The summed E-state index contributed by atoms with van der Waals surface area (Å²) in [5.41, 5.74) is 1.10. The lowest BCUT2D eigenvalue weighted by Gasteiger charge is -2.03. The predicted molar refractivity (Wildman–Crippen MR) is 84.5 cm³/mol.